The summed E-state index contributed by atoms with van der Waals surface area (Å²) in [6, 6.07) is 4.18. The molecular weight excluding hydrogens is 248 g/mol. The number of hydrogen-bond donors (Lipinski definition) is 0. The average molecular weight is 266 g/mol. The predicted molar refractivity (Wildman–Crippen MR) is 70.9 cm³/mol. The molecule has 0 unspecified atom stereocenters. The van der Waals surface area contributed by atoms with Crippen molar-refractivity contribution in [1.29, 1.82) is 0 Å². The molecule has 0 N–H and O–H groups in total. The maximum Gasteiger partial charge on any atom is 0.263 e. The van der Waals surface area contributed by atoms with E-state index < -0.39 is 0 Å². The molecule has 18 heavy (non-hydrogen) atoms. The fraction of sp³-hybridized carbons (Fsp3) is 0.615. The van der Waals surface area contributed by atoms with Crippen molar-refractivity contribution in [1.82, 2.24) is 9.80 Å². The van der Waals surface area contributed by atoms with Gasteiger partial charge in [0.15, 0.2) is 0 Å². The smallest absolute Gasteiger partial charge is 0.263 e. The number of likely N-dealkylation sites (N-methyl/N-ethyl adjacent to an activating group) is 1. The first-order valence-electron chi connectivity index (χ1n) is 6.35. The van der Waals surface area contributed by atoms with Gasteiger partial charge in [0.05, 0.1) is 24.1 Å². The second-order valence-corrected chi connectivity index (χ2v) is 6.13. The number of nitrogens with zero attached hydrogens (tertiary/aromatic N) is 2. The quantitative estimate of drug-likeness (QED) is 0.764. The van der Waals surface area contributed by atoms with Gasteiger partial charge in [-0.15, -0.1) is 11.3 Å². The zero-order chi connectivity index (χ0) is 12.5. The first kappa shape index (κ1) is 12.1. The maximum atomic E-state index is 12.4. The maximum absolute atomic E-state index is 12.4. The van der Waals surface area contributed by atoms with Crippen LogP contribution in [0.4, 0.5) is 0 Å². The van der Waals surface area contributed by atoms with Crippen molar-refractivity contribution in [2.45, 2.75) is 6.04 Å². The molecule has 2 fully saturated rings. The Balaban J connectivity index is 1.80. The third kappa shape index (κ3) is 2.30. The molecule has 1 amide bonds. The Kier molecular flexibility index (Phi) is 3.37. The molecule has 2 bridgehead atoms. The zero-order valence-electron chi connectivity index (χ0n) is 10.5. The number of carbonyl (C=O) groups is 1. The Morgan fingerprint density at radius 3 is 3.06 bits per heavy atom. The number of amides is 1. The van der Waals surface area contributed by atoms with Crippen LogP contribution in [0.5, 0.6) is 0 Å². The summed E-state index contributed by atoms with van der Waals surface area (Å²) in [5, 5.41) is 1.96. The molecule has 0 aliphatic carbocycles. The van der Waals surface area contributed by atoms with Gasteiger partial charge < -0.3 is 9.64 Å². The number of thiophene rings is 1. The summed E-state index contributed by atoms with van der Waals surface area (Å²) in [7, 11) is 2.13. The lowest BCUT2D eigenvalue weighted by molar-refractivity contribution is 0.0436. The molecule has 0 radical (unpaired) electrons. The van der Waals surface area contributed by atoms with Gasteiger partial charge >= 0.3 is 0 Å². The molecule has 2 aliphatic rings. The van der Waals surface area contributed by atoms with Crippen LogP contribution < -0.4 is 0 Å². The van der Waals surface area contributed by atoms with Crippen LogP contribution in [0.1, 0.15) is 9.67 Å². The lowest BCUT2D eigenvalue weighted by Crippen LogP contribution is -2.44. The molecular formula is C13H18N2O2S. The van der Waals surface area contributed by atoms with Gasteiger partial charge in [0.2, 0.25) is 0 Å². The second-order valence-electron chi connectivity index (χ2n) is 5.18. The van der Waals surface area contributed by atoms with Gasteiger partial charge in [0.1, 0.15) is 0 Å². The molecule has 0 saturated carbocycles. The van der Waals surface area contributed by atoms with Gasteiger partial charge in [-0.1, -0.05) is 6.07 Å². The van der Waals surface area contributed by atoms with Crippen molar-refractivity contribution < 1.29 is 9.53 Å². The lowest BCUT2D eigenvalue weighted by atomic mass is 10.1. The molecule has 4 nitrogen and oxygen atoms in total. The SMILES string of the molecule is CN1C[C@H]2COC[C@@H]1CN(C(=O)c1cccs1)C2. The van der Waals surface area contributed by atoms with E-state index in [1.165, 1.54) is 11.3 Å². The standard InChI is InChI=1S/C13H18N2O2S/c1-14-5-10-6-15(7-11(14)9-17-8-10)13(16)12-3-2-4-18-12/h2-4,10-11H,5-9H2,1H3/t10-,11+/m1/s1. The van der Waals surface area contributed by atoms with Crippen molar-refractivity contribution in [3.8, 4) is 0 Å². The minimum absolute atomic E-state index is 0.178. The summed E-state index contributed by atoms with van der Waals surface area (Å²) in [5.41, 5.74) is 0. The second kappa shape index (κ2) is 4.99. The van der Waals surface area contributed by atoms with Crippen LogP contribution in [-0.4, -0.2) is 61.6 Å². The summed E-state index contributed by atoms with van der Waals surface area (Å²) in [5.74, 6) is 0.614. The summed E-state index contributed by atoms with van der Waals surface area (Å²) >= 11 is 1.52. The van der Waals surface area contributed by atoms with Crippen molar-refractivity contribution in [3.05, 3.63) is 22.4 Å². The normalized spacial score (nSPS) is 29.1. The highest BCUT2D eigenvalue weighted by Gasteiger charge is 2.33. The fourth-order valence-electron chi connectivity index (χ4n) is 2.77. The largest absolute Gasteiger partial charge is 0.379 e. The number of carbonyl (C=O) groups excluding carboxylic acids is 1. The van der Waals surface area contributed by atoms with E-state index in [2.05, 4.69) is 11.9 Å². The molecule has 5 heteroatoms. The molecule has 2 saturated heterocycles. The fourth-order valence-corrected chi connectivity index (χ4v) is 3.46. The van der Waals surface area contributed by atoms with Gasteiger partial charge in [0.25, 0.3) is 5.91 Å². The van der Waals surface area contributed by atoms with E-state index in [0.717, 1.165) is 37.7 Å². The van der Waals surface area contributed by atoms with E-state index >= 15 is 0 Å². The predicted octanol–water partition coefficient (Wildman–Crippen LogP) is 1.15. The van der Waals surface area contributed by atoms with E-state index in [4.69, 9.17) is 4.74 Å². The summed E-state index contributed by atoms with van der Waals surface area (Å²) in [6.45, 7) is 4.14. The van der Waals surface area contributed by atoms with Gasteiger partial charge in [0, 0.05) is 25.6 Å². The van der Waals surface area contributed by atoms with Gasteiger partial charge in [-0.05, 0) is 18.5 Å². The third-order valence-corrected chi connectivity index (χ3v) is 4.62. The lowest BCUT2D eigenvalue weighted by Gasteiger charge is -2.29. The molecule has 1 aromatic rings. The number of fused-ring (bicyclic) bond motifs is 3. The van der Waals surface area contributed by atoms with Crippen LogP contribution in [0.3, 0.4) is 0 Å². The Labute approximate surface area is 111 Å². The van der Waals surface area contributed by atoms with Crippen molar-refractivity contribution in [3.63, 3.8) is 0 Å². The number of rotatable bonds is 1. The van der Waals surface area contributed by atoms with Crippen molar-refractivity contribution in [2.24, 2.45) is 5.92 Å². The minimum Gasteiger partial charge on any atom is -0.379 e. The number of ether oxygens (including phenoxy) is 1. The van der Waals surface area contributed by atoms with Gasteiger partial charge in [-0.2, -0.15) is 0 Å². The zero-order valence-corrected chi connectivity index (χ0v) is 11.4. The molecule has 0 spiro atoms. The van der Waals surface area contributed by atoms with Crippen LogP contribution in [0, 0.1) is 5.92 Å². The summed E-state index contributed by atoms with van der Waals surface area (Å²) < 4.78 is 5.67. The highest BCUT2D eigenvalue weighted by Crippen LogP contribution is 2.21. The minimum atomic E-state index is 0.178. The summed E-state index contributed by atoms with van der Waals surface area (Å²) in [6.07, 6.45) is 0. The van der Waals surface area contributed by atoms with E-state index in [-0.39, 0.29) is 5.91 Å². The molecule has 2 atom stereocenters. The van der Waals surface area contributed by atoms with E-state index in [1.54, 1.807) is 0 Å². The van der Waals surface area contributed by atoms with E-state index in [9.17, 15) is 4.79 Å². The van der Waals surface area contributed by atoms with Crippen LogP contribution >= 0.6 is 11.3 Å². The van der Waals surface area contributed by atoms with Crippen LogP contribution in [0.15, 0.2) is 17.5 Å². The monoisotopic (exact) mass is 266 g/mol. The molecule has 3 rings (SSSR count). The van der Waals surface area contributed by atoms with Gasteiger partial charge in [-0.3, -0.25) is 9.69 Å². The molecule has 2 aliphatic heterocycles. The topological polar surface area (TPSA) is 32.8 Å². The van der Waals surface area contributed by atoms with Crippen molar-refractivity contribution >= 4 is 17.2 Å². The molecule has 0 aromatic carbocycles. The average Bonchev–Trinajstić information content (AvgIpc) is 2.74. The molecule has 1 aromatic heterocycles. The van der Waals surface area contributed by atoms with Gasteiger partial charge in [-0.25, -0.2) is 0 Å². The third-order valence-electron chi connectivity index (χ3n) is 3.76. The van der Waals surface area contributed by atoms with Crippen LogP contribution in [0.25, 0.3) is 0 Å². The Morgan fingerprint density at radius 2 is 2.28 bits per heavy atom. The molecule has 98 valence electrons. The van der Waals surface area contributed by atoms with Crippen molar-refractivity contribution in [2.75, 3.05) is 39.9 Å². The van der Waals surface area contributed by atoms with Crippen LogP contribution in [0.2, 0.25) is 0 Å². The Bertz CT molecular complexity index is 421. The van der Waals surface area contributed by atoms with Crippen LogP contribution in [-0.2, 0) is 4.74 Å². The molecule has 3 heterocycles. The first-order chi connectivity index (χ1) is 8.74. The summed E-state index contributed by atoms with van der Waals surface area (Å²) in [4.78, 5) is 17.6. The first-order valence-corrected chi connectivity index (χ1v) is 7.23. The van der Waals surface area contributed by atoms with E-state index in [0.29, 0.717) is 12.0 Å². The highest BCUT2D eigenvalue weighted by molar-refractivity contribution is 7.12. The number of hydrogen-bond acceptors (Lipinski definition) is 4. The Morgan fingerprint density at radius 1 is 1.39 bits per heavy atom. The Hall–Kier alpha value is -0.910. The van der Waals surface area contributed by atoms with E-state index in [1.807, 2.05) is 22.4 Å². The highest BCUT2D eigenvalue weighted by atomic mass is 32.1.